The molecule has 0 amide bonds. The van der Waals surface area contributed by atoms with Crippen molar-refractivity contribution in [3.8, 4) is 0 Å². The van der Waals surface area contributed by atoms with Crippen molar-refractivity contribution in [3.63, 3.8) is 0 Å². The SMILES string of the molecule is C.C1CCOC1.CC[Si](CC)(CC)CCl.[CH2-][Si](CC)(CC)CC.[Cl-].[Mg+2]. The van der Waals surface area contributed by atoms with Crippen molar-refractivity contribution < 1.29 is 17.1 Å². The summed E-state index contributed by atoms with van der Waals surface area (Å²) >= 11 is 5.89. The summed E-state index contributed by atoms with van der Waals surface area (Å²) < 4.78 is 4.94. The maximum Gasteiger partial charge on any atom is 2.00 e. The Balaban J connectivity index is -0.0000000775. The maximum atomic E-state index is 5.89. The average molecular weight is 442 g/mol. The Morgan fingerprint density at radius 3 is 1.16 bits per heavy atom. The molecule has 1 nitrogen and oxygen atoms in total. The molecule has 1 rings (SSSR count). The molecule has 0 unspecified atom stereocenters. The fraction of sp³-hybridized carbons (Fsp3) is 0.947. The van der Waals surface area contributed by atoms with Crippen LogP contribution in [0.5, 0.6) is 0 Å². The minimum Gasteiger partial charge on any atom is -1.00 e. The monoisotopic (exact) mass is 440 g/mol. The van der Waals surface area contributed by atoms with E-state index in [9.17, 15) is 0 Å². The number of hydrogen-bond acceptors (Lipinski definition) is 1. The van der Waals surface area contributed by atoms with Crippen LogP contribution in [0.15, 0.2) is 0 Å². The van der Waals surface area contributed by atoms with Crippen LogP contribution in [0.4, 0.5) is 0 Å². The molecule has 0 atom stereocenters. The van der Waals surface area contributed by atoms with Gasteiger partial charge in [0.25, 0.3) is 0 Å². The quantitative estimate of drug-likeness (QED) is 0.327. The molecule has 0 aliphatic carbocycles. The molecule has 1 aliphatic rings. The molecule has 25 heavy (non-hydrogen) atoms. The van der Waals surface area contributed by atoms with Gasteiger partial charge in [-0.1, -0.05) is 93.3 Å². The predicted octanol–water partition coefficient (Wildman–Crippen LogP) is 4.20. The molecule has 0 aromatic carbocycles. The summed E-state index contributed by atoms with van der Waals surface area (Å²) in [5, 5.41) is 0. The summed E-state index contributed by atoms with van der Waals surface area (Å²) in [6.45, 7) is 19.9. The van der Waals surface area contributed by atoms with E-state index in [-0.39, 0.29) is 42.9 Å². The first-order chi connectivity index (χ1) is 10.4. The van der Waals surface area contributed by atoms with E-state index in [0.717, 1.165) is 18.7 Å². The van der Waals surface area contributed by atoms with Gasteiger partial charge in [0.05, 0.1) is 8.07 Å². The summed E-state index contributed by atoms with van der Waals surface area (Å²) in [7, 11) is -1.85. The Hall–Kier alpha value is 1.74. The summed E-state index contributed by atoms with van der Waals surface area (Å²) in [5.74, 6) is 0. The minimum atomic E-state index is -0.926. The summed E-state index contributed by atoms with van der Waals surface area (Å²) in [6.07, 6.45) is 2.56. The smallest absolute Gasteiger partial charge is 1.00 e. The topological polar surface area (TPSA) is 9.23 Å². The third kappa shape index (κ3) is 18.9. The molecule has 0 aromatic heterocycles. The molecule has 1 fully saturated rings. The normalized spacial score (nSPS) is 13.0. The van der Waals surface area contributed by atoms with Gasteiger partial charge in [0.15, 0.2) is 0 Å². The van der Waals surface area contributed by atoms with E-state index < -0.39 is 16.1 Å². The van der Waals surface area contributed by atoms with E-state index in [1.54, 1.807) is 0 Å². The van der Waals surface area contributed by atoms with E-state index in [0.29, 0.717) is 0 Å². The van der Waals surface area contributed by atoms with Crippen LogP contribution in [-0.4, -0.2) is 57.9 Å². The van der Waals surface area contributed by atoms with Crippen molar-refractivity contribution in [2.75, 3.05) is 18.7 Å². The number of ether oxygens (including phenoxy) is 1. The number of hydrogen-bond donors (Lipinski definition) is 0. The molecule has 0 radical (unpaired) electrons. The molecule has 0 aromatic rings. The van der Waals surface area contributed by atoms with Crippen molar-refractivity contribution in [1.29, 1.82) is 0 Å². The molecule has 152 valence electrons. The summed E-state index contributed by atoms with van der Waals surface area (Å²) in [6, 6.07) is 8.09. The van der Waals surface area contributed by atoms with Crippen molar-refractivity contribution in [2.24, 2.45) is 0 Å². The Labute approximate surface area is 190 Å². The second kappa shape index (κ2) is 23.8. The summed E-state index contributed by atoms with van der Waals surface area (Å²) in [5.41, 5.74) is 0.955. The standard InChI is InChI=1S/C7H17ClSi.C7H17Si.C4H8O.CH4.ClH.Mg/c1-4-9(5-2,6-3)7-8;1-5-8(4,6-2)7-3;1-2-4-5-3-1;;;/h4-7H2,1-3H3;4-7H2,1-3H3;1-4H2;1H4;1H;/q;-1;;;;+2/p-1. The average Bonchev–Trinajstić information content (AvgIpc) is 3.17. The van der Waals surface area contributed by atoms with Crippen LogP contribution in [0.2, 0.25) is 36.3 Å². The van der Waals surface area contributed by atoms with Crippen molar-refractivity contribution >= 4 is 50.8 Å². The second-order valence-electron chi connectivity index (χ2n) is 6.57. The fourth-order valence-electron chi connectivity index (χ4n) is 2.29. The van der Waals surface area contributed by atoms with Gasteiger partial charge in [0, 0.05) is 18.7 Å². The van der Waals surface area contributed by atoms with Gasteiger partial charge in [-0.15, -0.1) is 11.6 Å². The van der Waals surface area contributed by atoms with E-state index in [1.165, 1.54) is 49.1 Å². The van der Waals surface area contributed by atoms with Crippen molar-refractivity contribution in [2.45, 2.75) is 98.1 Å². The number of halogens is 2. The molecular formula is C19H46Cl2MgOSi2. The van der Waals surface area contributed by atoms with E-state index >= 15 is 0 Å². The third-order valence-electron chi connectivity index (χ3n) is 5.61. The van der Waals surface area contributed by atoms with Crippen LogP contribution >= 0.6 is 11.6 Å². The van der Waals surface area contributed by atoms with Gasteiger partial charge in [-0.25, -0.2) is 0 Å². The minimum absolute atomic E-state index is 0. The molecule has 6 heteroatoms. The predicted molar refractivity (Wildman–Crippen MR) is 123 cm³/mol. The summed E-state index contributed by atoms with van der Waals surface area (Å²) in [4.78, 5) is 0. The first-order valence-corrected chi connectivity index (χ1v) is 15.6. The van der Waals surface area contributed by atoms with Crippen molar-refractivity contribution in [1.82, 2.24) is 0 Å². The van der Waals surface area contributed by atoms with Crippen molar-refractivity contribution in [3.05, 3.63) is 6.55 Å². The van der Waals surface area contributed by atoms with Crippen LogP contribution in [0.25, 0.3) is 0 Å². The molecular weight excluding hydrogens is 396 g/mol. The second-order valence-corrected chi connectivity index (χ2v) is 17.9. The molecule has 0 saturated carbocycles. The molecule has 0 N–H and O–H groups in total. The zero-order valence-corrected chi connectivity index (χ0v) is 22.3. The largest absolute Gasteiger partial charge is 2.00 e. The molecule has 1 saturated heterocycles. The van der Waals surface area contributed by atoms with Gasteiger partial charge >= 0.3 is 23.1 Å². The Bertz CT molecular complexity index is 202. The van der Waals surface area contributed by atoms with E-state index in [2.05, 4.69) is 48.1 Å². The van der Waals surface area contributed by atoms with Crippen LogP contribution in [0, 0.1) is 6.55 Å². The zero-order chi connectivity index (χ0) is 17.5. The van der Waals surface area contributed by atoms with Gasteiger partial charge in [-0.05, 0) is 12.8 Å². The van der Waals surface area contributed by atoms with E-state index in [1.807, 2.05) is 0 Å². The fourth-order valence-corrected chi connectivity index (χ4v) is 7.56. The molecule has 1 heterocycles. The first-order valence-electron chi connectivity index (χ1n) is 9.42. The van der Waals surface area contributed by atoms with Gasteiger partial charge in [-0.3, -0.25) is 0 Å². The first kappa shape index (κ1) is 37.5. The van der Waals surface area contributed by atoms with Gasteiger partial charge < -0.3 is 23.7 Å². The Kier molecular flexibility index (Phi) is 35.7. The zero-order valence-electron chi connectivity index (χ0n) is 17.4. The van der Waals surface area contributed by atoms with Gasteiger partial charge in [0.1, 0.15) is 0 Å². The van der Waals surface area contributed by atoms with E-state index in [4.69, 9.17) is 16.3 Å². The maximum absolute atomic E-state index is 5.89. The number of alkyl halides is 1. The van der Waals surface area contributed by atoms with Gasteiger partial charge in [-0.2, -0.15) is 0 Å². The molecule has 0 bridgehead atoms. The number of rotatable bonds is 7. The van der Waals surface area contributed by atoms with Gasteiger partial charge in [0.2, 0.25) is 0 Å². The van der Waals surface area contributed by atoms with Crippen LogP contribution in [-0.2, 0) is 4.74 Å². The van der Waals surface area contributed by atoms with Crippen LogP contribution in [0.1, 0.15) is 61.8 Å². The Morgan fingerprint density at radius 1 is 0.800 bits per heavy atom. The Morgan fingerprint density at radius 2 is 1.12 bits per heavy atom. The van der Waals surface area contributed by atoms with Crippen LogP contribution in [0.3, 0.4) is 0 Å². The van der Waals surface area contributed by atoms with Crippen LogP contribution < -0.4 is 12.4 Å². The molecule has 1 aliphatic heterocycles. The third-order valence-corrected chi connectivity index (χ3v) is 16.9. The molecule has 0 spiro atoms.